The highest BCUT2D eigenvalue weighted by Gasteiger charge is 2.17. The first-order chi connectivity index (χ1) is 9.07. The first-order valence-corrected chi connectivity index (χ1v) is 6.46. The summed E-state index contributed by atoms with van der Waals surface area (Å²) in [5.41, 5.74) is 1.48. The number of nitrogens with zero attached hydrogens (tertiary/aromatic N) is 2. The van der Waals surface area contributed by atoms with Crippen molar-refractivity contribution in [3.63, 3.8) is 0 Å². The summed E-state index contributed by atoms with van der Waals surface area (Å²) in [5, 5.41) is 20.1. The van der Waals surface area contributed by atoms with E-state index in [2.05, 4.69) is 22.4 Å². The Kier molecular flexibility index (Phi) is 6.21. The van der Waals surface area contributed by atoms with E-state index in [4.69, 9.17) is 4.74 Å². The molecule has 1 aromatic heterocycles. The molecule has 0 saturated carbocycles. The standard InChI is InChI=1S/C13H21N3O3/c1-4-7-19-8-5-6-14-12-11(13(17)18)9(2)10(3)15-16-12/h4-8H2,1-3H3,(H,14,16)(H,17,18). The monoisotopic (exact) mass is 267 g/mol. The topological polar surface area (TPSA) is 84.3 Å². The molecule has 0 bridgehead atoms. The maximum atomic E-state index is 11.2. The van der Waals surface area contributed by atoms with Crippen LogP contribution in [-0.2, 0) is 4.74 Å². The van der Waals surface area contributed by atoms with Crippen LogP contribution in [0.5, 0.6) is 0 Å². The lowest BCUT2D eigenvalue weighted by Crippen LogP contribution is -2.14. The Morgan fingerprint density at radius 2 is 2.05 bits per heavy atom. The zero-order valence-electron chi connectivity index (χ0n) is 11.7. The van der Waals surface area contributed by atoms with Crippen molar-refractivity contribution >= 4 is 11.8 Å². The summed E-state index contributed by atoms with van der Waals surface area (Å²) in [6, 6.07) is 0. The minimum Gasteiger partial charge on any atom is -0.478 e. The summed E-state index contributed by atoms with van der Waals surface area (Å²) in [5.74, 6) is -0.661. The van der Waals surface area contributed by atoms with Gasteiger partial charge in [0.05, 0.1) is 5.69 Å². The van der Waals surface area contributed by atoms with Crippen molar-refractivity contribution < 1.29 is 14.6 Å². The highest BCUT2D eigenvalue weighted by molar-refractivity contribution is 5.94. The van der Waals surface area contributed by atoms with Crippen LogP contribution in [0.4, 0.5) is 5.82 Å². The van der Waals surface area contributed by atoms with Crippen LogP contribution in [0.25, 0.3) is 0 Å². The normalized spacial score (nSPS) is 10.5. The number of hydrogen-bond donors (Lipinski definition) is 2. The predicted octanol–water partition coefficient (Wildman–Crippen LogP) is 2.02. The molecule has 0 spiro atoms. The number of aryl methyl sites for hydroxylation is 1. The molecule has 2 N–H and O–H groups in total. The molecule has 0 aliphatic rings. The summed E-state index contributed by atoms with van der Waals surface area (Å²) >= 11 is 0. The summed E-state index contributed by atoms with van der Waals surface area (Å²) in [6.07, 6.45) is 1.80. The molecule has 0 unspecified atom stereocenters. The van der Waals surface area contributed by atoms with Crippen molar-refractivity contribution in [1.82, 2.24) is 10.2 Å². The van der Waals surface area contributed by atoms with E-state index >= 15 is 0 Å². The van der Waals surface area contributed by atoms with Crippen molar-refractivity contribution in [3.8, 4) is 0 Å². The number of anilines is 1. The molecule has 0 atom stereocenters. The minimum atomic E-state index is -0.986. The second-order valence-electron chi connectivity index (χ2n) is 4.33. The molecule has 0 aliphatic heterocycles. The quantitative estimate of drug-likeness (QED) is 0.701. The molecule has 0 fully saturated rings. The van der Waals surface area contributed by atoms with Gasteiger partial charge in [-0.15, -0.1) is 5.10 Å². The fraction of sp³-hybridized carbons (Fsp3) is 0.615. The van der Waals surface area contributed by atoms with E-state index in [-0.39, 0.29) is 5.56 Å². The maximum absolute atomic E-state index is 11.2. The summed E-state index contributed by atoms with van der Waals surface area (Å²) < 4.78 is 5.35. The zero-order valence-corrected chi connectivity index (χ0v) is 11.7. The number of carboxylic acid groups (broad SMARTS) is 1. The van der Waals surface area contributed by atoms with Crippen molar-refractivity contribution in [2.45, 2.75) is 33.6 Å². The van der Waals surface area contributed by atoms with Crippen LogP contribution in [0.2, 0.25) is 0 Å². The van der Waals surface area contributed by atoms with E-state index < -0.39 is 5.97 Å². The van der Waals surface area contributed by atoms with Crippen LogP contribution < -0.4 is 5.32 Å². The van der Waals surface area contributed by atoms with Crippen LogP contribution in [-0.4, -0.2) is 41.0 Å². The van der Waals surface area contributed by atoms with Gasteiger partial charge in [0, 0.05) is 19.8 Å². The summed E-state index contributed by atoms with van der Waals surface area (Å²) in [4.78, 5) is 11.2. The predicted molar refractivity (Wildman–Crippen MR) is 72.7 cm³/mol. The molecule has 1 heterocycles. The number of aromatic nitrogens is 2. The second-order valence-corrected chi connectivity index (χ2v) is 4.33. The van der Waals surface area contributed by atoms with Crippen LogP contribution in [0.1, 0.15) is 41.4 Å². The van der Waals surface area contributed by atoms with Crippen molar-refractivity contribution in [2.24, 2.45) is 0 Å². The van der Waals surface area contributed by atoms with Crippen molar-refractivity contribution in [2.75, 3.05) is 25.1 Å². The van der Waals surface area contributed by atoms with Gasteiger partial charge in [-0.25, -0.2) is 4.79 Å². The molecular formula is C13H21N3O3. The first kappa shape index (κ1) is 15.4. The van der Waals surface area contributed by atoms with Crippen molar-refractivity contribution in [1.29, 1.82) is 0 Å². The Morgan fingerprint density at radius 1 is 1.32 bits per heavy atom. The molecule has 19 heavy (non-hydrogen) atoms. The third kappa shape index (κ3) is 4.48. The molecule has 6 nitrogen and oxygen atoms in total. The number of hydrogen-bond acceptors (Lipinski definition) is 5. The van der Waals surface area contributed by atoms with Gasteiger partial charge in [0.25, 0.3) is 0 Å². The zero-order chi connectivity index (χ0) is 14.3. The Labute approximate surface area is 113 Å². The number of aromatic carboxylic acids is 1. The van der Waals surface area contributed by atoms with E-state index in [1.807, 2.05) is 0 Å². The average Bonchev–Trinajstić information content (AvgIpc) is 2.37. The number of ether oxygens (including phenoxy) is 1. The SMILES string of the molecule is CCCOCCCNc1nnc(C)c(C)c1C(=O)O. The largest absolute Gasteiger partial charge is 0.478 e. The average molecular weight is 267 g/mol. The molecule has 0 aliphatic carbocycles. The molecule has 106 valence electrons. The van der Waals surface area contributed by atoms with Gasteiger partial charge in [-0.05, 0) is 32.3 Å². The Balaban J connectivity index is 2.58. The van der Waals surface area contributed by atoms with Gasteiger partial charge in [-0.1, -0.05) is 6.92 Å². The molecule has 0 radical (unpaired) electrons. The van der Waals surface area contributed by atoms with Gasteiger partial charge >= 0.3 is 5.97 Å². The Morgan fingerprint density at radius 3 is 2.68 bits per heavy atom. The maximum Gasteiger partial charge on any atom is 0.339 e. The number of nitrogens with one attached hydrogen (secondary N) is 1. The molecule has 1 rings (SSSR count). The van der Waals surface area contributed by atoms with E-state index in [0.717, 1.165) is 19.4 Å². The van der Waals surface area contributed by atoms with Crippen molar-refractivity contribution in [3.05, 3.63) is 16.8 Å². The van der Waals surface area contributed by atoms with Gasteiger partial charge in [-0.3, -0.25) is 0 Å². The third-order valence-electron chi connectivity index (χ3n) is 2.77. The Bertz CT molecular complexity index is 435. The molecule has 0 saturated heterocycles. The Hall–Kier alpha value is -1.69. The van der Waals surface area contributed by atoms with Crippen LogP contribution in [0.15, 0.2) is 0 Å². The highest BCUT2D eigenvalue weighted by Crippen LogP contribution is 2.18. The van der Waals surface area contributed by atoms with Gasteiger partial charge in [0.15, 0.2) is 5.82 Å². The lowest BCUT2D eigenvalue weighted by molar-refractivity contribution is 0.0696. The summed E-state index contributed by atoms with van der Waals surface area (Å²) in [7, 11) is 0. The van der Waals surface area contributed by atoms with E-state index in [0.29, 0.717) is 30.2 Å². The number of carbonyl (C=O) groups is 1. The fourth-order valence-electron chi connectivity index (χ4n) is 1.62. The molecule has 0 aromatic carbocycles. The van der Waals surface area contributed by atoms with Crippen LogP contribution in [0.3, 0.4) is 0 Å². The van der Waals surface area contributed by atoms with E-state index in [9.17, 15) is 9.90 Å². The molecular weight excluding hydrogens is 246 g/mol. The molecule has 0 amide bonds. The van der Waals surface area contributed by atoms with Gasteiger partial charge in [0.1, 0.15) is 5.56 Å². The highest BCUT2D eigenvalue weighted by atomic mass is 16.5. The lowest BCUT2D eigenvalue weighted by atomic mass is 10.1. The minimum absolute atomic E-state index is 0.196. The number of rotatable bonds is 8. The molecule has 6 heteroatoms. The van der Waals surface area contributed by atoms with Gasteiger partial charge in [0.2, 0.25) is 0 Å². The summed E-state index contributed by atoms with van der Waals surface area (Å²) in [6.45, 7) is 7.56. The molecule has 1 aromatic rings. The third-order valence-corrected chi connectivity index (χ3v) is 2.77. The number of carboxylic acids is 1. The lowest BCUT2D eigenvalue weighted by Gasteiger charge is -2.11. The van der Waals surface area contributed by atoms with E-state index in [1.165, 1.54) is 0 Å². The second kappa shape index (κ2) is 7.68. The van der Waals surface area contributed by atoms with Gasteiger partial charge in [-0.2, -0.15) is 5.10 Å². The van der Waals surface area contributed by atoms with Gasteiger partial charge < -0.3 is 15.2 Å². The smallest absolute Gasteiger partial charge is 0.339 e. The van der Waals surface area contributed by atoms with E-state index in [1.54, 1.807) is 13.8 Å². The van der Waals surface area contributed by atoms with Crippen LogP contribution >= 0.6 is 0 Å². The first-order valence-electron chi connectivity index (χ1n) is 6.46. The van der Waals surface area contributed by atoms with Crippen LogP contribution in [0, 0.1) is 13.8 Å². The fourth-order valence-corrected chi connectivity index (χ4v) is 1.62.